The number of carbonyl (C=O) groups is 1. The number of halogens is 3. The maximum Gasteiger partial charge on any atom is 0.387 e. The van der Waals surface area contributed by atoms with Crippen molar-refractivity contribution in [3.8, 4) is 22.1 Å². The van der Waals surface area contributed by atoms with Crippen molar-refractivity contribution in [2.24, 2.45) is 0 Å². The molecule has 1 aliphatic heterocycles. The first-order valence-electron chi connectivity index (χ1n) is 9.94. The quantitative estimate of drug-likeness (QED) is 0.451. The van der Waals surface area contributed by atoms with Gasteiger partial charge in [0.15, 0.2) is 5.75 Å². The van der Waals surface area contributed by atoms with Gasteiger partial charge in [0.1, 0.15) is 17.9 Å². The van der Waals surface area contributed by atoms with Crippen molar-refractivity contribution in [1.82, 2.24) is 20.2 Å². The number of hydrogen-bond donors (Lipinski definition) is 1. The zero-order valence-electron chi connectivity index (χ0n) is 17.7. The van der Waals surface area contributed by atoms with Gasteiger partial charge in [0.25, 0.3) is 11.1 Å². The van der Waals surface area contributed by atoms with Gasteiger partial charge in [-0.2, -0.15) is 8.78 Å². The number of pyridine rings is 2. The van der Waals surface area contributed by atoms with Crippen LogP contribution >= 0.6 is 22.9 Å². The third-order valence-corrected chi connectivity index (χ3v) is 5.54. The van der Waals surface area contributed by atoms with Crippen LogP contribution in [-0.4, -0.2) is 65.2 Å². The molecule has 1 amide bonds. The fraction of sp³-hybridized carbons (Fsp3) is 0.350. The van der Waals surface area contributed by atoms with Gasteiger partial charge >= 0.3 is 6.61 Å². The molecule has 10 nitrogen and oxygen atoms in total. The summed E-state index contributed by atoms with van der Waals surface area (Å²) in [7, 11) is 0. The summed E-state index contributed by atoms with van der Waals surface area (Å²) >= 11 is 6.97. The Hall–Kier alpha value is -3.00. The average molecular weight is 514 g/mol. The van der Waals surface area contributed by atoms with E-state index in [0.717, 1.165) is 11.3 Å². The number of aromatic nitrogens is 4. The molecule has 0 unspecified atom stereocenters. The number of anilines is 1. The second-order valence-electron chi connectivity index (χ2n) is 6.91. The van der Waals surface area contributed by atoms with Crippen molar-refractivity contribution in [2.75, 3.05) is 31.7 Å². The van der Waals surface area contributed by atoms with Crippen LogP contribution in [0.3, 0.4) is 0 Å². The summed E-state index contributed by atoms with van der Waals surface area (Å²) in [6, 6.07) is 2.95. The summed E-state index contributed by atoms with van der Waals surface area (Å²) in [6.45, 7) is 0.00642. The number of carbonyl (C=O) groups excluding carboxylic acids is 1. The lowest BCUT2D eigenvalue weighted by atomic mass is 9.99. The molecule has 14 heteroatoms. The molecule has 1 saturated heterocycles. The Morgan fingerprint density at radius 3 is 2.94 bits per heavy atom. The standard InChI is InChI=1S/C20H18ClF2N5O5S/c1-10-16(33-18(22)23)15(11-2-3-24-14(21)6-11)13(7-25-10)17(29)26-19-27-28-20(34-19)32-9-12-8-30-4-5-31-12/h2-3,6-7,12,18H,4-5,8-9H2,1H3,(H,26,27,29)/t12-/m1/s1. The molecule has 1 fully saturated rings. The van der Waals surface area contributed by atoms with Crippen molar-refractivity contribution < 1.29 is 32.5 Å². The summed E-state index contributed by atoms with van der Waals surface area (Å²) < 4.78 is 47.3. The lowest BCUT2D eigenvalue weighted by Gasteiger charge is -2.22. The van der Waals surface area contributed by atoms with Gasteiger partial charge in [0.05, 0.1) is 31.1 Å². The molecule has 3 aromatic heterocycles. The van der Waals surface area contributed by atoms with Gasteiger partial charge in [-0.15, -0.1) is 5.10 Å². The fourth-order valence-electron chi connectivity index (χ4n) is 3.12. The minimum atomic E-state index is -3.13. The summed E-state index contributed by atoms with van der Waals surface area (Å²) in [5, 5.41) is 10.8. The number of amides is 1. The molecule has 1 N–H and O–H groups in total. The highest BCUT2D eigenvalue weighted by atomic mass is 35.5. The normalized spacial score (nSPS) is 15.9. The minimum Gasteiger partial charge on any atom is -0.466 e. The van der Waals surface area contributed by atoms with E-state index in [0.29, 0.717) is 25.4 Å². The third kappa shape index (κ3) is 5.91. The summed E-state index contributed by atoms with van der Waals surface area (Å²) in [5.41, 5.74) is 0.571. The molecule has 1 aliphatic rings. The molecule has 4 rings (SSSR count). The van der Waals surface area contributed by atoms with Crippen molar-refractivity contribution in [2.45, 2.75) is 19.6 Å². The number of ether oxygens (including phenoxy) is 4. The van der Waals surface area contributed by atoms with E-state index in [-0.39, 0.29) is 50.8 Å². The summed E-state index contributed by atoms with van der Waals surface area (Å²) in [4.78, 5) is 21.0. The van der Waals surface area contributed by atoms with Gasteiger partial charge in [-0.05, 0) is 36.0 Å². The number of rotatable bonds is 8. The highest BCUT2D eigenvalue weighted by Gasteiger charge is 2.24. The molecule has 3 aromatic rings. The van der Waals surface area contributed by atoms with Crippen molar-refractivity contribution >= 4 is 34.0 Å². The molecule has 0 spiro atoms. The molecule has 0 bridgehead atoms. The monoisotopic (exact) mass is 513 g/mol. The van der Waals surface area contributed by atoms with Gasteiger partial charge < -0.3 is 18.9 Å². The van der Waals surface area contributed by atoms with E-state index in [1.54, 1.807) is 0 Å². The van der Waals surface area contributed by atoms with Crippen LogP contribution in [0.5, 0.6) is 10.9 Å². The van der Waals surface area contributed by atoms with Crippen LogP contribution in [0.25, 0.3) is 11.1 Å². The van der Waals surface area contributed by atoms with E-state index < -0.39 is 12.5 Å². The van der Waals surface area contributed by atoms with E-state index in [4.69, 9.17) is 30.5 Å². The number of alkyl halides is 2. The Labute approximate surface area is 201 Å². The van der Waals surface area contributed by atoms with Crippen LogP contribution in [0.4, 0.5) is 13.9 Å². The van der Waals surface area contributed by atoms with E-state index >= 15 is 0 Å². The Morgan fingerprint density at radius 2 is 2.21 bits per heavy atom. The van der Waals surface area contributed by atoms with Crippen LogP contribution in [-0.2, 0) is 9.47 Å². The number of nitrogens with zero attached hydrogens (tertiary/aromatic N) is 4. The predicted octanol–water partition coefficient (Wildman–Crippen LogP) is 3.60. The van der Waals surface area contributed by atoms with Crippen LogP contribution in [0.15, 0.2) is 24.5 Å². The van der Waals surface area contributed by atoms with E-state index in [1.165, 1.54) is 31.5 Å². The topological polar surface area (TPSA) is 118 Å². The molecule has 0 aliphatic carbocycles. The lowest BCUT2D eigenvalue weighted by molar-refractivity contribution is -0.101. The van der Waals surface area contributed by atoms with Gasteiger partial charge in [-0.3, -0.25) is 15.1 Å². The molecule has 1 atom stereocenters. The molecular weight excluding hydrogens is 496 g/mol. The summed E-state index contributed by atoms with van der Waals surface area (Å²) in [6.07, 6.45) is 2.42. The lowest BCUT2D eigenvalue weighted by Crippen LogP contribution is -2.33. The maximum atomic E-state index is 13.1. The minimum absolute atomic E-state index is 0.0334. The largest absolute Gasteiger partial charge is 0.466 e. The first kappa shape index (κ1) is 24.1. The second kappa shape index (κ2) is 11.0. The Kier molecular flexibility index (Phi) is 7.77. The third-order valence-electron chi connectivity index (χ3n) is 4.58. The van der Waals surface area contributed by atoms with E-state index in [9.17, 15) is 13.6 Å². The highest BCUT2D eigenvalue weighted by Crippen LogP contribution is 2.37. The zero-order valence-corrected chi connectivity index (χ0v) is 19.2. The van der Waals surface area contributed by atoms with Crippen LogP contribution in [0.2, 0.25) is 5.15 Å². The van der Waals surface area contributed by atoms with Crippen LogP contribution in [0, 0.1) is 6.92 Å². The first-order chi connectivity index (χ1) is 16.4. The molecule has 0 aromatic carbocycles. The van der Waals surface area contributed by atoms with Gasteiger partial charge in [0, 0.05) is 18.0 Å². The van der Waals surface area contributed by atoms with Crippen molar-refractivity contribution in [3.63, 3.8) is 0 Å². The van der Waals surface area contributed by atoms with E-state index in [1.807, 2.05) is 0 Å². The molecule has 0 radical (unpaired) electrons. The number of aryl methyl sites for hydroxylation is 1. The Morgan fingerprint density at radius 1 is 1.35 bits per heavy atom. The first-order valence-corrected chi connectivity index (χ1v) is 11.1. The van der Waals surface area contributed by atoms with Crippen LogP contribution < -0.4 is 14.8 Å². The van der Waals surface area contributed by atoms with Gasteiger partial charge in [-0.25, -0.2) is 4.98 Å². The van der Waals surface area contributed by atoms with Crippen molar-refractivity contribution in [3.05, 3.63) is 40.9 Å². The Bertz CT molecular complexity index is 1160. The second-order valence-corrected chi connectivity index (χ2v) is 8.24. The van der Waals surface area contributed by atoms with E-state index in [2.05, 4.69) is 25.5 Å². The smallest absolute Gasteiger partial charge is 0.387 e. The number of hydrogen-bond acceptors (Lipinski definition) is 10. The predicted molar refractivity (Wildman–Crippen MR) is 118 cm³/mol. The van der Waals surface area contributed by atoms with Crippen LogP contribution in [0.1, 0.15) is 16.1 Å². The molecule has 0 saturated carbocycles. The Balaban J connectivity index is 1.56. The maximum absolute atomic E-state index is 13.1. The average Bonchev–Trinajstić information content (AvgIpc) is 3.26. The highest BCUT2D eigenvalue weighted by molar-refractivity contribution is 7.17. The number of nitrogens with one attached hydrogen (secondary N) is 1. The molecule has 180 valence electrons. The molecule has 4 heterocycles. The SMILES string of the molecule is Cc1ncc(C(=O)Nc2nnc(OC[C@H]3COCCO3)s2)c(-c2ccnc(Cl)c2)c1OC(F)F. The molecular formula is C20H18ClF2N5O5S. The van der Waals surface area contributed by atoms with Gasteiger partial charge in [-0.1, -0.05) is 16.7 Å². The zero-order chi connectivity index (χ0) is 24.1. The summed E-state index contributed by atoms with van der Waals surface area (Å²) in [5.74, 6) is -0.915. The fourth-order valence-corrected chi connectivity index (χ4v) is 3.89. The van der Waals surface area contributed by atoms with Gasteiger partial charge in [0.2, 0.25) is 5.13 Å². The van der Waals surface area contributed by atoms with Crippen molar-refractivity contribution in [1.29, 1.82) is 0 Å². The molecule has 34 heavy (non-hydrogen) atoms.